The lowest BCUT2D eigenvalue weighted by atomic mass is 9.85. The molecule has 1 saturated heterocycles. The van der Waals surface area contributed by atoms with Crippen LogP contribution in [0.4, 0.5) is 5.82 Å². The summed E-state index contributed by atoms with van der Waals surface area (Å²) in [5.74, 6) is 1.07. The summed E-state index contributed by atoms with van der Waals surface area (Å²) < 4.78 is 1.00. The molecule has 0 aliphatic carbocycles. The predicted molar refractivity (Wildman–Crippen MR) is 79.7 cm³/mol. The molecule has 0 unspecified atom stereocenters. The highest BCUT2D eigenvalue weighted by molar-refractivity contribution is 9.10. The summed E-state index contributed by atoms with van der Waals surface area (Å²) in [5, 5.41) is 0. The van der Waals surface area contributed by atoms with Crippen molar-refractivity contribution in [1.29, 1.82) is 0 Å². The minimum absolute atomic E-state index is 0.451. The minimum atomic E-state index is 0.451. The van der Waals surface area contributed by atoms with Gasteiger partial charge in [0.15, 0.2) is 0 Å². The van der Waals surface area contributed by atoms with E-state index in [2.05, 4.69) is 45.7 Å². The van der Waals surface area contributed by atoms with Crippen LogP contribution in [0, 0.1) is 5.41 Å². The first kappa shape index (κ1) is 13.8. The molecule has 2 rings (SSSR count). The second kappa shape index (κ2) is 5.57. The summed E-state index contributed by atoms with van der Waals surface area (Å²) in [7, 11) is 0. The van der Waals surface area contributed by atoms with Crippen molar-refractivity contribution in [3.05, 3.63) is 22.3 Å². The Morgan fingerprint density at radius 3 is 2.89 bits per heavy atom. The first-order valence-corrected chi connectivity index (χ1v) is 7.40. The maximum absolute atomic E-state index is 5.83. The van der Waals surface area contributed by atoms with Gasteiger partial charge in [-0.05, 0) is 46.7 Å². The fourth-order valence-electron chi connectivity index (χ4n) is 2.54. The van der Waals surface area contributed by atoms with Gasteiger partial charge in [0.25, 0.3) is 0 Å². The van der Waals surface area contributed by atoms with E-state index in [1.54, 1.807) is 0 Å². The van der Waals surface area contributed by atoms with Crippen molar-refractivity contribution in [3.63, 3.8) is 0 Å². The Kier molecular flexibility index (Phi) is 4.28. The lowest BCUT2D eigenvalue weighted by Crippen LogP contribution is -2.27. The van der Waals surface area contributed by atoms with Crippen LogP contribution in [0.25, 0.3) is 0 Å². The Hall–Kier alpha value is -0.610. The van der Waals surface area contributed by atoms with Crippen LogP contribution in [0.5, 0.6) is 0 Å². The molecular weight excluding hydrogens is 290 g/mol. The Morgan fingerprint density at radius 2 is 2.17 bits per heavy atom. The lowest BCUT2D eigenvalue weighted by Gasteiger charge is -2.25. The highest BCUT2D eigenvalue weighted by atomic mass is 79.9. The van der Waals surface area contributed by atoms with Gasteiger partial charge in [-0.1, -0.05) is 13.8 Å². The molecule has 1 fully saturated rings. The fraction of sp³-hybridized carbons (Fsp3) is 0.643. The minimum Gasteiger partial charge on any atom is -0.356 e. The zero-order valence-corrected chi connectivity index (χ0v) is 12.8. The van der Waals surface area contributed by atoms with E-state index >= 15 is 0 Å². The maximum Gasteiger partial charge on any atom is 0.133 e. The van der Waals surface area contributed by atoms with E-state index in [9.17, 15) is 0 Å². The average Bonchev–Trinajstić information content (AvgIpc) is 2.50. The van der Waals surface area contributed by atoms with Gasteiger partial charge in [-0.15, -0.1) is 0 Å². The second-order valence-corrected chi connectivity index (χ2v) is 6.76. The van der Waals surface area contributed by atoms with Crippen molar-refractivity contribution in [2.45, 2.75) is 39.7 Å². The maximum atomic E-state index is 5.83. The highest BCUT2D eigenvalue weighted by Gasteiger charge is 2.24. The van der Waals surface area contributed by atoms with Crippen LogP contribution in [0.15, 0.2) is 16.7 Å². The summed E-state index contributed by atoms with van der Waals surface area (Å²) in [6.07, 6.45) is 5.60. The molecule has 2 heterocycles. The summed E-state index contributed by atoms with van der Waals surface area (Å²) in [4.78, 5) is 6.95. The third-order valence-electron chi connectivity index (χ3n) is 3.77. The molecule has 1 aromatic heterocycles. The van der Waals surface area contributed by atoms with Crippen LogP contribution in [0.2, 0.25) is 0 Å². The topological polar surface area (TPSA) is 42.2 Å². The van der Waals surface area contributed by atoms with Crippen LogP contribution in [-0.4, -0.2) is 18.1 Å². The van der Waals surface area contributed by atoms with Gasteiger partial charge in [-0.3, -0.25) is 0 Å². The summed E-state index contributed by atoms with van der Waals surface area (Å²) in [6, 6.07) is 2.08. The number of hydrogen-bond acceptors (Lipinski definition) is 3. The van der Waals surface area contributed by atoms with Gasteiger partial charge < -0.3 is 10.6 Å². The predicted octanol–water partition coefficient (Wildman–Crippen LogP) is 3.32. The van der Waals surface area contributed by atoms with Crippen LogP contribution in [0.1, 0.15) is 38.7 Å². The molecule has 3 nitrogen and oxygen atoms in total. The highest BCUT2D eigenvalue weighted by Crippen LogP contribution is 2.32. The van der Waals surface area contributed by atoms with Crippen molar-refractivity contribution >= 4 is 21.7 Å². The van der Waals surface area contributed by atoms with E-state index in [0.717, 1.165) is 28.9 Å². The fourth-order valence-corrected chi connectivity index (χ4v) is 2.92. The van der Waals surface area contributed by atoms with Crippen molar-refractivity contribution in [1.82, 2.24) is 4.98 Å². The smallest absolute Gasteiger partial charge is 0.133 e. The third kappa shape index (κ3) is 3.23. The zero-order chi connectivity index (χ0) is 13.2. The molecule has 0 atom stereocenters. The number of nitrogens with zero attached hydrogens (tertiary/aromatic N) is 2. The van der Waals surface area contributed by atoms with Gasteiger partial charge in [0.2, 0.25) is 0 Å². The Morgan fingerprint density at radius 1 is 1.39 bits per heavy atom. The second-order valence-electron chi connectivity index (χ2n) is 5.85. The van der Waals surface area contributed by atoms with E-state index in [0.29, 0.717) is 12.0 Å². The van der Waals surface area contributed by atoms with E-state index in [-0.39, 0.29) is 0 Å². The van der Waals surface area contributed by atoms with E-state index in [1.165, 1.54) is 19.3 Å². The molecule has 0 amide bonds. The Bertz CT molecular complexity index is 418. The SMILES string of the molecule is CC1(C)CCCN(c2ncc(Br)cc2CN)CC1. The molecule has 0 aromatic carbocycles. The summed E-state index contributed by atoms with van der Waals surface area (Å²) in [6.45, 7) is 7.42. The van der Waals surface area contributed by atoms with Gasteiger partial charge in [-0.25, -0.2) is 4.98 Å². The van der Waals surface area contributed by atoms with Gasteiger partial charge in [0, 0.05) is 35.9 Å². The zero-order valence-electron chi connectivity index (χ0n) is 11.2. The molecule has 1 aliphatic rings. The standard InChI is InChI=1S/C14H22BrN3/c1-14(2)4-3-6-18(7-5-14)13-11(9-16)8-12(15)10-17-13/h8,10H,3-7,9,16H2,1-2H3. The van der Waals surface area contributed by atoms with Crippen LogP contribution in [0.3, 0.4) is 0 Å². The first-order valence-electron chi connectivity index (χ1n) is 6.61. The Balaban J connectivity index is 2.21. The van der Waals surface area contributed by atoms with Crippen LogP contribution >= 0.6 is 15.9 Å². The quantitative estimate of drug-likeness (QED) is 0.911. The normalized spacial score (nSPS) is 19.7. The molecule has 1 aliphatic heterocycles. The van der Waals surface area contributed by atoms with E-state index in [1.807, 2.05) is 6.20 Å². The van der Waals surface area contributed by atoms with Gasteiger partial charge in [0.05, 0.1) is 0 Å². The number of pyridine rings is 1. The number of aromatic nitrogens is 1. The number of hydrogen-bond donors (Lipinski definition) is 1. The molecule has 4 heteroatoms. The molecule has 0 saturated carbocycles. The van der Waals surface area contributed by atoms with Crippen molar-refractivity contribution < 1.29 is 0 Å². The van der Waals surface area contributed by atoms with Gasteiger partial charge >= 0.3 is 0 Å². The average molecular weight is 312 g/mol. The van der Waals surface area contributed by atoms with Crippen molar-refractivity contribution in [3.8, 4) is 0 Å². The van der Waals surface area contributed by atoms with E-state index < -0.39 is 0 Å². The van der Waals surface area contributed by atoms with Crippen LogP contribution in [-0.2, 0) is 6.54 Å². The molecular formula is C14H22BrN3. The first-order chi connectivity index (χ1) is 8.52. The molecule has 0 spiro atoms. The monoisotopic (exact) mass is 311 g/mol. The van der Waals surface area contributed by atoms with Gasteiger partial charge in [0.1, 0.15) is 5.82 Å². The molecule has 0 bridgehead atoms. The summed E-state index contributed by atoms with van der Waals surface area (Å²) >= 11 is 3.46. The number of nitrogens with two attached hydrogens (primary N) is 1. The third-order valence-corrected chi connectivity index (χ3v) is 4.20. The van der Waals surface area contributed by atoms with Crippen molar-refractivity contribution in [2.75, 3.05) is 18.0 Å². The van der Waals surface area contributed by atoms with E-state index in [4.69, 9.17) is 5.73 Å². The largest absolute Gasteiger partial charge is 0.356 e. The number of rotatable bonds is 2. The molecule has 0 radical (unpaired) electrons. The lowest BCUT2D eigenvalue weighted by molar-refractivity contribution is 0.325. The number of anilines is 1. The molecule has 2 N–H and O–H groups in total. The molecule has 18 heavy (non-hydrogen) atoms. The number of halogens is 1. The van der Waals surface area contributed by atoms with Crippen molar-refractivity contribution in [2.24, 2.45) is 11.1 Å². The summed E-state index contributed by atoms with van der Waals surface area (Å²) in [5.41, 5.74) is 7.41. The van der Waals surface area contributed by atoms with Crippen LogP contribution < -0.4 is 10.6 Å². The molecule has 1 aromatic rings. The van der Waals surface area contributed by atoms with Gasteiger partial charge in [-0.2, -0.15) is 0 Å². The Labute approximate surface area is 118 Å². The molecule has 100 valence electrons.